The van der Waals surface area contributed by atoms with Crippen LogP contribution < -0.4 is 0 Å². The molecule has 0 aliphatic carbocycles. The lowest BCUT2D eigenvalue weighted by molar-refractivity contribution is 0.0687. The van der Waals surface area contributed by atoms with Crippen molar-refractivity contribution in [2.24, 2.45) is 0 Å². The van der Waals surface area contributed by atoms with Gasteiger partial charge in [0.1, 0.15) is 0 Å². The van der Waals surface area contributed by atoms with E-state index in [-0.39, 0.29) is 15.2 Å². The average Bonchev–Trinajstić information content (AvgIpc) is 2.78. The highest BCUT2D eigenvalue weighted by atomic mass is 32.2. The standard InChI is InChI=1S/C9H12N2O4S3/c1-6-4-11(2-3-16-6)18(14,15)9-7(8(12)13)10-5-17-9/h5-6H,2-4H2,1H3,(H,12,13). The van der Waals surface area contributed by atoms with Gasteiger partial charge in [-0.1, -0.05) is 6.92 Å². The van der Waals surface area contributed by atoms with Gasteiger partial charge in [-0.2, -0.15) is 16.1 Å². The lowest BCUT2D eigenvalue weighted by atomic mass is 10.4. The van der Waals surface area contributed by atoms with Crippen molar-refractivity contribution in [3.8, 4) is 0 Å². The summed E-state index contributed by atoms with van der Waals surface area (Å²) in [7, 11) is -3.73. The highest BCUT2D eigenvalue weighted by Crippen LogP contribution is 2.28. The van der Waals surface area contributed by atoms with E-state index in [2.05, 4.69) is 4.98 Å². The van der Waals surface area contributed by atoms with E-state index >= 15 is 0 Å². The number of carboxylic acids is 1. The fourth-order valence-corrected chi connectivity index (χ4v) is 5.71. The number of thioether (sulfide) groups is 1. The fraction of sp³-hybridized carbons (Fsp3) is 0.556. The Kier molecular flexibility index (Phi) is 3.95. The van der Waals surface area contributed by atoms with Crippen LogP contribution >= 0.6 is 23.1 Å². The molecule has 1 fully saturated rings. The van der Waals surface area contributed by atoms with Crippen LogP contribution in [-0.2, 0) is 10.0 Å². The Balaban J connectivity index is 2.36. The monoisotopic (exact) mass is 308 g/mol. The Bertz CT molecular complexity index is 554. The summed E-state index contributed by atoms with van der Waals surface area (Å²) in [5, 5.41) is 9.14. The summed E-state index contributed by atoms with van der Waals surface area (Å²) in [6, 6.07) is 0. The predicted molar refractivity (Wildman–Crippen MR) is 69.8 cm³/mol. The maximum atomic E-state index is 12.3. The number of hydrogen-bond acceptors (Lipinski definition) is 6. The molecule has 2 rings (SSSR count). The molecule has 18 heavy (non-hydrogen) atoms. The molecular formula is C9H12N2O4S3. The summed E-state index contributed by atoms with van der Waals surface area (Å²) < 4.78 is 25.9. The van der Waals surface area contributed by atoms with Gasteiger partial charge in [0, 0.05) is 24.1 Å². The number of hydrogen-bond donors (Lipinski definition) is 1. The van der Waals surface area contributed by atoms with Crippen molar-refractivity contribution in [3.63, 3.8) is 0 Å². The van der Waals surface area contributed by atoms with E-state index in [9.17, 15) is 13.2 Å². The van der Waals surface area contributed by atoms with Gasteiger partial charge in [-0.05, 0) is 0 Å². The number of thiazole rings is 1. The van der Waals surface area contributed by atoms with Crippen LogP contribution in [-0.4, -0.2) is 52.9 Å². The van der Waals surface area contributed by atoms with Crippen molar-refractivity contribution in [1.29, 1.82) is 0 Å². The second kappa shape index (κ2) is 5.16. The van der Waals surface area contributed by atoms with Gasteiger partial charge in [0.25, 0.3) is 10.0 Å². The minimum Gasteiger partial charge on any atom is -0.476 e. The number of nitrogens with zero attached hydrogens (tertiary/aromatic N) is 2. The zero-order valence-electron chi connectivity index (χ0n) is 9.57. The lowest BCUT2D eigenvalue weighted by Crippen LogP contribution is -2.41. The highest BCUT2D eigenvalue weighted by Gasteiger charge is 2.34. The third-order valence-electron chi connectivity index (χ3n) is 2.52. The van der Waals surface area contributed by atoms with Crippen LogP contribution in [0.3, 0.4) is 0 Å². The highest BCUT2D eigenvalue weighted by molar-refractivity contribution is 8.00. The Morgan fingerprint density at radius 2 is 2.33 bits per heavy atom. The molecule has 1 aliphatic rings. The third kappa shape index (κ3) is 2.53. The topological polar surface area (TPSA) is 87.6 Å². The first-order valence-electron chi connectivity index (χ1n) is 5.21. The minimum atomic E-state index is -3.73. The van der Waals surface area contributed by atoms with E-state index in [1.807, 2.05) is 6.92 Å². The van der Waals surface area contributed by atoms with Gasteiger partial charge in [0.2, 0.25) is 0 Å². The number of aromatic carboxylic acids is 1. The van der Waals surface area contributed by atoms with Crippen molar-refractivity contribution in [3.05, 3.63) is 11.2 Å². The molecule has 6 nitrogen and oxygen atoms in total. The van der Waals surface area contributed by atoms with Gasteiger partial charge in [-0.15, -0.1) is 11.3 Å². The molecule has 0 bridgehead atoms. The number of rotatable bonds is 3. The molecule has 9 heteroatoms. The molecular weight excluding hydrogens is 296 g/mol. The van der Waals surface area contributed by atoms with Crippen LogP contribution in [0.5, 0.6) is 0 Å². The molecule has 100 valence electrons. The Hall–Kier alpha value is -0.640. The molecule has 1 aliphatic heterocycles. The minimum absolute atomic E-state index is 0.172. The first kappa shape index (κ1) is 13.8. The van der Waals surface area contributed by atoms with Gasteiger partial charge < -0.3 is 5.11 Å². The molecule has 0 spiro atoms. The largest absolute Gasteiger partial charge is 0.476 e. The molecule has 1 N–H and O–H groups in total. The molecule has 2 heterocycles. The van der Waals surface area contributed by atoms with Crippen molar-refractivity contribution in [2.75, 3.05) is 18.8 Å². The molecule has 1 aromatic rings. The van der Waals surface area contributed by atoms with Crippen LogP contribution in [0.1, 0.15) is 17.4 Å². The van der Waals surface area contributed by atoms with Crippen LogP contribution in [0.4, 0.5) is 0 Å². The number of carbonyl (C=O) groups is 1. The average molecular weight is 308 g/mol. The molecule has 1 aromatic heterocycles. The summed E-state index contributed by atoms with van der Waals surface area (Å²) in [4.78, 5) is 14.5. The summed E-state index contributed by atoms with van der Waals surface area (Å²) in [6.45, 7) is 2.77. The Morgan fingerprint density at radius 1 is 1.61 bits per heavy atom. The van der Waals surface area contributed by atoms with Gasteiger partial charge in [0.15, 0.2) is 9.90 Å². The normalized spacial score (nSPS) is 21.9. The van der Waals surface area contributed by atoms with Gasteiger partial charge in [-0.25, -0.2) is 18.2 Å². The first-order chi connectivity index (χ1) is 8.43. The second-order valence-electron chi connectivity index (χ2n) is 3.84. The molecule has 0 aromatic carbocycles. The summed E-state index contributed by atoms with van der Waals surface area (Å²) in [5.41, 5.74) is 0.865. The second-order valence-corrected chi connectivity index (χ2v) is 8.37. The number of sulfonamides is 1. The fourth-order valence-electron chi connectivity index (χ4n) is 1.68. The first-order valence-corrected chi connectivity index (χ1v) is 8.58. The van der Waals surface area contributed by atoms with Gasteiger partial charge in [-0.3, -0.25) is 0 Å². The van der Waals surface area contributed by atoms with E-state index in [0.717, 1.165) is 17.1 Å². The van der Waals surface area contributed by atoms with Crippen molar-refractivity contribution < 1.29 is 18.3 Å². The van der Waals surface area contributed by atoms with E-state index in [4.69, 9.17) is 5.11 Å². The maximum Gasteiger partial charge on any atom is 0.356 e. The number of carboxylic acid groups (broad SMARTS) is 1. The van der Waals surface area contributed by atoms with Gasteiger partial charge in [0.05, 0.1) is 5.51 Å². The lowest BCUT2D eigenvalue weighted by Gasteiger charge is -2.29. The zero-order chi connectivity index (χ0) is 13.3. The van der Waals surface area contributed by atoms with Crippen molar-refractivity contribution in [1.82, 2.24) is 9.29 Å². The smallest absolute Gasteiger partial charge is 0.356 e. The maximum absolute atomic E-state index is 12.3. The van der Waals surface area contributed by atoms with Crippen LogP contribution in [0.2, 0.25) is 0 Å². The quantitative estimate of drug-likeness (QED) is 0.895. The molecule has 0 saturated carbocycles. The Labute approximate surface area is 113 Å². The van der Waals surface area contributed by atoms with Crippen LogP contribution in [0, 0.1) is 0 Å². The van der Waals surface area contributed by atoms with E-state index in [1.54, 1.807) is 11.8 Å². The summed E-state index contributed by atoms with van der Waals surface area (Å²) >= 11 is 2.56. The van der Waals surface area contributed by atoms with E-state index in [1.165, 1.54) is 9.82 Å². The van der Waals surface area contributed by atoms with Crippen LogP contribution in [0.15, 0.2) is 9.72 Å². The SMILES string of the molecule is CC1CN(S(=O)(=O)c2scnc2C(=O)O)CCS1. The summed E-state index contributed by atoms with van der Waals surface area (Å²) in [6.07, 6.45) is 0. The predicted octanol–water partition coefficient (Wildman–Crippen LogP) is 0.967. The Morgan fingerprint density at radius 3 is 2.94 bits per heavy atom. The van der Waals surface area contributed by atoms with Crippen molar-refractivity contribution >= 4 is 39.1 Å². The zero-order valence-corrected chi connectivity index (χ0v) is 12.0. The number of aromatic nitrogens is 1. The van der Waals surface area contributed by atoms with Crippen LogP contribution in [0.25, 0.3) is 0 Å². The van der Waals surface area contributed by atoms with Crippen molar-refractivity contribution in [2.45, 2.75) is 16.4 Å². The summed E-state index contributed by atoms with van der Waals surface area (Å²) in [5.74, 6) is -0.587. The molecule has 0 radical (unpaired) electrons. The van der Waals surface area contributed by atoms with Gasteiger partial charge >= 0.3 is 5.97 Å². The third-order valence-corrected chi connectivity index (χ3v) is 6.86. The van der Waals surface area contributed by atoms with E-state index < -0.39 is 16.0 Å². The molecule has 0 amide bonds. The molecule has 1 atom stereocenters. The van der Waals surface area contributed by atoms with E-state index in [0.29, 0.717) is 13.1 Å². The molecule has 1 saturated heterocycles. The molecule has 1 unspecified atom stereocenters.